The second kappa shape index (κ2) is 12.3. The molecule has 1 aliphatic heterocycles. The summed E-state index contributed by atoms with van der Waals surface area (Å²) >= 11 is 1.34. The topological polar surface area (TPSA) is 116 Å². The van der Waals surface area contributed by atoms with Gasteiger partial charge in [-0.3, -0.25) is 9.59 Å². The standard InChI is InChI=1S/C30H33N7O2S/c1-36(2)25-7-4-14-37(18-25)27-16-22(12-13-32-27)21-5-3-6-23(15-21)26-19-40-30(34-26)35-28(38)17-33-29(39)20-8-10-24(31)11-9-20/h3,5-6,8-13,15-16,19,25H,4,7,14,17-18,31H2,1-2H3,(H,33,39)(H,34,35,38). The first-order valence-electron chi connectivity index (χ1n) is 13.2. The lowest BCUT2D eigenvalue weighted by molar-refractivity contribution is -0.115. The van der Waals surface area contributed by atoms with Gasteiger partial charge in [0.05, 0.1) is 12.2 Å². The maximum atomic E-state index is 12.4. The van der Waals surface area contributed by atoms with Crippen LogP contribution in [0.5, 0.6) is 0 Å². The van der Waals surface area contributed by atoms with Gasteiger partial charge in [-0.1, -0.05) is 18.2 Å². The van der Waals surface area contributed by atoms with Crippen molar-refractivity contribution in [2.75, 3.05) is 49.7 Å². The summed E-state index contributed by atoms with van der Waals surface area (Å²) < 4.78 is 0. The van der Waals surface area contributed by atoms with E-state index in [0.717, 1.165) is 47.7 Å². The fourth-order valence-electron chi connectivity index (χ4n) is 4.74. The third-order valence-corrected chi connectivity index (χ3v) is 7.78. The van der Waals surface area contributed by atoms with E-state index >= 15 is 0 Å². The lowest BCUT2D eigenvalue weighted by Crippen LogP contribution is -2.45. The molecule has 4 aromatic rings. The quantitative estimate of drug-likeness (QED) is 0.277. The van der Waals surface area contributed by atoms with Crippen molar-refractivity contribution in [3.8, 4) is 22.4 Å². The molecule has 2 aromatic heterocycles. The second-order valence-electron chi connectivity index (χ2n) is 10.1. The maximum Gasteiger partial charge on any atom is 0.251 e. The molecular formula is C30H33N7O2S. The van der Waals surface area contributed by atoms with Crippen LogP contribution in [0.4, 0.5) is 16.6 Å². The minimum Gasteiger partial charge on any atom is -0.399 e. The zero-order valence-electron chi connectivity index (χ0n) is 22.6. The first-order valence-corrected chi connectivity index (χ1v) is 14.1. The van der Waals surface area contributed by atoms with Crippen LogP contribution in [-0.2, 0) is 4.79 Å². The lowest BCUT2D eigenvalue weighted by Gasteiger charge is -2.36. The summed E-state index contributed by atoms with van der Waals surface area (Å²) in [4.78, 5) is 38.6. The number of rotatable bonds is 8. The fourth-order valence-corrected chi connectivity index (χ4v) is 5.47. The molecule has 10 heteroatoms. The van der Waals surface area contributed by atoms with E-state index in [4.69, 9.17) is 5.73 Å². The summed E-state index contributed by atoms with van der Waals surface area (Å²) in [5.41, 5.74) is 10.6. The summed E-state index contributed by atoms with van der Waals surface area (Å²) in [6.45, 7) is 1.82. The minimum absolute atomic E-state index is 0.162. The van der Waals surface area contributed by atoms with Gasteiger partial charge >= 0.3 is 0 Å². The molecule has 206 valence electrons. The third kappa shape index (κ3) is 6.64. The Morgan fingerprint density at radius 1 is 1.07 bits per heavy atom. The number of pyridine rings is 1. The number of nitrogens with one attached hydrogen (secondary N) is 2. The predicted molar refractivity (Wildman–Crippen MR) is 162 cm³/mol. The molecule has 1 saturated heterocycles. The molecule has 9 nitrogen and oxygen atoms in total. The Kier molecular flexibility index (Phi) is 8.37. The van der Waals surface area contributed by atoms with E-state index in [0.29, 0.717) is 22.4 Å². The van der Waals surface area contributed by atoms with E-state index in [2.05, 4.69) is 62.7 Å². The van der Waals surface area contributed by atoms with Crippen LogP contribution in [0.15, 0.2) is 72.2 Å². The van der Waals surface area contributed by atoms with Gasteiger partial charge in [0.2, 0.25) is 5.91 Å². The minimum atomic E-state index is -0.350. The average Bonchev–Trinajstić information content (AvgIpc) is 3.45. The van der Waals surface area contributed by atoms with Crippen LogP contribution in [0.1, 0.15) is 23.2 Å². The van der Waals surface area contributed by atoms with Gasteiger partial charge < -0.3 is 26.2 Å². The molecule has 0 aliphatic carbocycles. The fraction of sp³-hybridized carbons (Fsp3) is 0.267. The van der Waals surface area contributed by atoms with Crippen LogP contribution >= 0.6 is 11.3 Å². The van der Waals surface area contributed by atoms with Gasteiger partial charge in [0, 0.05) is 47.5 Å². The van der Waals surface area contributed by atoms with Gasteiger partial charge in [-0.2, -0.15) is 0 Å². The van der Waals surface area contributed by atoms with Crippen LogP contribution in [-0.4, -0.2) is 66.5 Å². The number of hydrogen-bond donors (Lipinski definition) is 3. The largest absolute Gasteiger partial charge is 0.399 e. The number of likely N-dealkylation sites (N-methyl/N-ethyl adjacent to an activating group) is 1. The third-order valence-electron chi connectivity index (χ3n) is 7.02. The Morgan fingerprint density at radius 2 is 1.85 bits per heavy atom. The van der Waals surface area contributed by atoms with Crippen molar-refractivity contribution in [3.63, 3.8) is 0 Å². The van der Waals surface area contributed by atoms with Crippen molar-refractivity contribution in [1.82, 2.24) is 20.2 Å². The molecule has 1 atom stereocenters. The molecule has 1 aliphatic rings. The van der Waals surface area contributed by atoms with Crippen molar-refractivity contribution < 1.29 is 9.59 Å². The molecule has 4 N–H and O–H groups in total. The molecule has 0 spiro atoms. The van der Waals surface area contributed by atoms with Gasteiger partial charge in [0.15, 0.2) is 5.13 Å². The molecule has 40 heavy (non-hydrogen) atoms. The number of thiazole rings is 1. The summed E-state index contributed by atoms with van der Waals surface area (Å²) in [7, 11) is 4.28. The molecular weight excluding hydrogens is 522 g/mol. The highest BCUT2D eigenvalue weighted by Crippen LogP contribution is 2.30. The van der Waals surface area contributed by atoms with Gasteiger partial charge in [-0.05, 0) is 80.5 Å². The number of anilines is 3. The monoisotopic (exact) mass is 555 g/mol. The number of nitrogens with zero attached hydrogens (tertiary/aromatic N) is 4. The number of carbonyl (C=O) groups excluding carboxylic acids is 2. The van der Waals surface area contributed by atoms with Gasteiger partial charge in [0.25, 0.3) is 5.91 Å². The van der Waals surface area contributed by atoms with E-state index in [1.54, 1.807) is 24.3 Å². The molecule has 1 fully saturated rings. The Hall–Kier alpha value is -4.28. The molecule has 0 bridgehead atoms. The predicted octanol–water partition coefficient (Wildman–Crippen LogP) is 4.35. The Bertz CT molecular complexity index is 1490. The summed E-state index contributed by atoms with van der Waals surface area (Å²) in [5.74, 6) is 0.303. The van der Waals surface area contributed by atoms with E-state index in [1.807, 2.05) is 29.8 Å². The molecule has 0 saturated carbocycles. The smallest absolute Gasteiger partial charge is 0.251 e. The number of nitrogen functional groups attached to an aromatic ring is 1. The molecule has 5 rings (SSSR count). The SMILES string of the molecule is CN(C)C1CCCN(c2cc(-c3cccc(-c4csc(NC(=O)CNC(=O)c5ccc(N)cc5)n4)c3)ccn2)C1. The van der Waals surface area contributed by atoms with Crippen molar-refractivity contribution in [3.05, 3.63) is 77.8 Å². The molecule has 0 radical (unpaired) electrons. The van der Waals surface area contributed by atoms with Crippen molar-refractivity contribution >= 4 is 39.8 Å². The van der Waals surface area contributed by atoms with E-state index < -0.39 is 0 Å². The van der Waals surface area contributed by atoms with Crippen LogP contribution in [0.25, 0.3) is 22.4 Å². The van der Waals surface area contributed by atoms with Gasteiger partial charge in [0.1, 0.15) is 5.82 Å². The zero-order valence-corrected chi connectivity index (χ0v) is 23.4. The van der Waals surface area contributed by atoms with Crippen LogP contribution in [0.3, 0.4) is 0 Å². The van der Waals surface area contributed by atoms with Crippen LogP contribution < -0.4 is 21.3 Å². The Labute approximate surface area is 238 Å². The number of benzene rings is 2. The molecule has 3 heterocycles. The highest BCUT2D eigenvalue weighted by Gasteiger charge is 2.22. The van der Waals surface area contributed by atoms with E-state index in [1.165, 1.54) is 17.8 Å². The van der Waals surface area contributed by atoms with Crippen molar-refractivity contribution in [2.45, 2.75) is 18.9 Å². The molecule has 2 amide bonds. The Balaban J connectivity index is 1.23. The van der Waals surface area contributed by atoms with E-state index in [9.17, 15) is 9.59 Å². The van der Waals surface area contributed by atoms with Crippen LogP contribution in [0, 0.1) is 0 Å². The number of carbonyl (C=O) groups is 2. The normalized spacial score (nSPS) is 15.2. The second-order valence-corrected chi connectivity index (χ2v) is 10.9. The lowest BCUT2D eigenvalue weighted by atomic mass is 10.0. The average molecular weight is 556 g/mol. The van der Waals surface area contributed by atoms with E-state index in [-0.39, 0.29) is 18.4 Å². The first-order chi connectivity index (χ1) is 19.4. The van der Waals surface area contributed by atoms with Crippen molar-refractivity contribution in [1.29, 1.82) is 0 Å². The number of nitrogens with two attached hydrogens (primary N) is 1. The zero-order chi connectivity index (χ0) is 28.1. The van der Waals surface area contributed by atoms with Gasteiger partial charge in [-0.25, -0.2) is 9.97 Å². The first kappa shape index (κ1) is 27.3. The number of piperidine rings is 1. The number of hydrogen-bond acceptors (Lipinski definition) is 8. The summed E-state index contributed by atoms with van der Waals surface area (Å²) in [6, 6.07) is 19.4. The molecule has 1 unspecified atom stereocenters. The highest BCUT2D eigenvalue weighted by atomic mass is 32.1. The maximum absolute atomic E-state index is 12.4. The highest BCUT2D eigenvalue weighted by molar-refractivity contribution is 7.14. The molecule has 2 aromatic carbocycles. The number of aromatic nitrogens is 2. The summed E-state index contributed by atoms with van der Waals surface area (Å²) in [6.07, 6.45) is 4.24. The van der Waals surface area contributed by atoms with Crippen molar-refractivity contribution in [2.24, 2.45) is 0 Å². The van der Waals surface area contributed by atoms with Gasteiger partial charge in [-0.15, -0.1) is 11.3 Å². The Morgan fingerprint density at radius 3 is 2.65 bits per heavy atom. The van der Waals surface area contributed by atoms with Crippen LogP contribution in [0.2, 0.25) is 0 Å². The number of amides is 2. The summed E-state index contributed by atoms with van der Waals surface area (Å²) in [5, 5.41) is 7.76.